The molecule has 15 heavy (non-hydrogen) atoms. The molecular weight excluding hydrogens is 192 g/mol. The highest BCUT2D eigenvalue weighted by Gasteiger charge is 2.10. The van der Waals surface area contributed by atoms with Crippen LogP contribution in [0.4, 0.5) is 5.88 Å². The molecule has 2 aromatic rings. The summed E-state index contributed by atoms with van der Waals surface area (Å²) < 4.78 is 4.84. The Labute approximate surface area is 87.3 Å². The molecule has 78 valence electrons. The Balaban J connectivity index is 2.55. The first-order valence-corrected chi connectivity index (χ1v) is 4.76. The summed E-state index contributed by atoms with van der Waals surface area (Å²) in [6.07, 6.45) is 0.801. The molecule has 0 bridgehead atoms. The van der Waals surface area contributed by atoms with E-state index in [9.17, 15) is 0 Å². The SMILES string of the molecule is CCc1nnc(C)cc1-c1cc(N)on1. The summed E-state index contributed by atoms with van der Waals surface area (Å²) in [5.74, 6) is 0.307. The fraction of sp³-hybridized carbons (Fsp3) is 0.300. The van der Waals surface area contributed by atoms with Crippen LogP contribution in [-0.2, 0) is 6.42 Å². The molecule has 2 aromatic heterocycles. The summed E-state index contributed by atoms with van der Waals surface area (Å²) >= 11 is 0. The predicted molar refractivity (Wildman–Crippen MR) is 56.1 cm³/mol. The fourth-order valence-electron chi connectivity index (χ4n) is 1.41. The average Bonchev–Trinajstić information content (AvgIpc) is 2.65. The number of rotatable bonds is 2. The molecule has 0 radical (unpaired) electrons. The number of nitrogens with zero attached hydrogens (tertiary/aromatic N) is 3. The van der Waals surface area contributed by atoms with Crippen LogP contribution in [0, 0.1) is 6.92 Å². The van der Waals surface area contributed by atoms with Crippen LogP contribution in [0.15, 0.2) is 16.7 Å². The van der Waals surface area contributed by atoms with E-state index >= 15 is 0 Å². The number of hydrogen-bond acceptors (Lipinski definition) is 5. The zero-order valence-electron chi connectivity index (χ0n) is 8.69. The van der Waals surface area contributed by atoms with Crippen molar-refractivity contribution in [2.45, 2.75) is 20.3 Å². The third-order valence-corrected chi connectivity index (χ3v) is 2.13. The smallest absolute Gasteiger partial charge is 0.222 e. The number of aromatic nitrogens is 3. The van der Waals surface area contributed by atoms with E-state index in [1.807, 2.05) is 19.9 Å². The maximum atomic E-state index is 5.48. The zero-order chi connectivity index (χ0) is 10.8. The molecular formula is C10H12N4O. The van der Waals surface area contributed by atoms with Crippen molar-refractivity contribution in [3.63, 3.8) is 0 Å². The minimum absolute atomic E-state index is 0.307. The van der Waals surface area contributed by atoms with Crippen molar-refractivity contribution >= 4 is 5.88 Å². The lowest BCUT2D eigenvalue weighted by molar-refractivity contribution is 0.439. The van der Waals surface area contributed by atoms with Gasteiger partial charge in [0.2, 0.25) is 5.88 Å². The van der Waals surface area contributed by atoms with Crippen LogP contribution >= 0.6 is 0 Å². The molecule has 5 nitrogen and oxygen atoms in total. The van der Waals surface area contributed by atoms with Crippen molar-refractivity contribution in [3.05, 3.63) is 23.5 Å². The van der Waals surface area contributed by atoms with Gasteiger partial charge in [-0.3, -0.25) is 0 Å². The molecule has 0 aromatic carbocycles. The van der Waals surface area contributed by atoms with Gasteiger partial charge < -0.3 is 10.3 Å². The molecule has 0 atom stereocenters. The Morgan fingerprint density at radius 2 is 2.13 bits per heavy atom. The van der Waals surface area contributed by atoms with E-state index < -0.39 is 0 Å². The molecule has 0 unspecified atom stereocenters. The summed E-state index contributed by atoms with van der Waals surface area (Å²) in [6.45, 7) is 3.91. The van der Waals surface area contributed by atoms with Gasteiger partial charge >= 0.3 is 0 Å². The van der Waals surface area contributed by atoms with Crippen molar-refractivity contribution in [1.82, 2.24) is 15.4 Å². The van der Waals surface area contributed by atoms with Crippen molar-refractivity contribution in [3.8, 4) is 11.3 Å². The summed E-state index contributed by atoms with van der Waals surface area (Å²) in [5.41, 5.74) is 8.87. The highest BCUT2D eigenvalue weighted by Crippen LogP contribution is 2.23. The van der Waals surface area contributed by atoms with E-state index in [1.54, 1.807) is 6.07 Å². The van der Waals surface area contributed by atoms with E-state index in [4.69, 9.17) is 10.3 Å². The second-order valence-corrected chi connectivity index (χ2v) is 3.31. The summed E-state index contributed by atoms with van der Waals surface area (Å²) in [5, 5.41) is 12.0. The highest BCUT2D eigenvalue weighted by atomic mass is 16.5. The maximum Gasteiger partial charge on any atom is 0.222 e. The Kier molecular flexibility index (Phi) is 2.37. The Morgan fingerprint density at radius 1 is 1.33 bits per heavy atom. The monoisotopic (exact) mass is 204 g/mol. The third-order valence-electron chi connectivity index (χ3n) is 2.13. The quantitative estimate of drug-likeness (QED) is 0.803. The highest BCUT2D eigenvalue weighted by molar-refractivity contribution is 5.63. The first-order valence-electron chi connectivity index (χ1n) is 4.76. The number of hydrogen-bond donors (Lipinski definition) is 1. The van der Waals surface area contributed by atoms with Crippen molar-refractivity contribution in [1.29, 1.82) is 0 Å². The van der Waals surface area contributed by atoms with Gasteiger partial charge in [-0.1, -0.05) is 12.1 Å². The normalized spacial score (nSPS) is 10.5. The number of nitrogens with two attached hydrogens (primary N) is 1. The Morgan fingerprint density at radius 3 is 2.73 bits per heavy atom. The first-order chi connectivity index (χ1) is 7.20. The number of aryl methyl sites for hydroxylation is 2. The van der Waals surface area contributed by atoms with E-state index in [0.29, 0.717) is 11.6 Å². The lowest BCUT2D eigenvalue weighted by atomic mass is 10.1. The lowest BCUT2D eigenvalue weighted by Gasteiger charge is -2.02. The van der Waals surface area contributed by atoms with Gasteiger partial charge in [-0.25, -0.2) is 0 Å². The number of nitrogen functional groups attached to an aromatic ring is 1. The van der Waals surface area contributed by atoms with E-state index in [0.717, 1.165) is 23.4 Å². The molecule has 2 rings (SSSR count). The molecule has 5 heteroatoms. The van der Waals surface area contributed by atoms with Gasteiger partial charge in [0.15, 0.2) is 0 Å². The molecule has 0 aliphatic carbocycles. The van der Waals surface area contributed by atoms with Gasteiger partial charge in [-0.15, -0.1) is 0 Å². The van der Waals surface area contributed by atoms with E-state index in [1.165, 1.54) is 0 Å². The van der Waals surface area contributed by atoms with Crippen molar-refractivity contribution < 1.29 is 4.52 Å². The van der Waals surface area contributed by atoms with Crippen LogP contribution in [0.3, 0.4) is 0 Å². The zero-order valence-corrected chi connectivity index (χ0v) is 8.69. The second-order valence-electron chi connectivity index (χ2n) is 3.31. The topological polar surface area (TPSA) is 77.8 Å². The average molecular weight is 204 g/mol. The van der Waals surface area contributed by atoms with Crippen LogP contribution in [0.25, 0.3) is 11.3 Å². The van der Waals surface area contributed by atoms with Crippen LogP contribution in [0.2, 0.25) is 0 Å². The summed E-state index contributed by atoms with van der Waals surface area (Å²) in [4.78, 5) is 0. The summed E-state index contributed by atoms with van der Waals surface area (Å²) in [7, 11) is 0. The minimum atomic E-state index is 0.307. The molecule has 2 N–H and O–H groups in total. The van der Waals surface area contributed by atoms with E-state index in [-0.39, 0.29) is 0 Å². The molecule has 2 heterocycles. The lowest BCUT2D eigenvalue weighted by Crippen LogP contribution is -1.97. The minimum Gasteiger partial charge on any atom is -0.368 e. The molecule has 0 aliphatic heterocycles. The van der Waals surface area contributed by atoms with Gasteiger partial charge in [0.25, 0.3) is 0 Å². The van der Waals surface area contributed by atoms with Crippen LogP contribution in [0.5, 0.6) is 0 Å². The second kappa shape index (κ2) is 3.68. The fourth-order valence-corrected chi connectivity index (χ4v) is 1.41. The Bertz CT molecular complexity index is 478. The largest absolute Gasteiger partial charge is 0.368 e. The molecule has 0 spiro atoms. The van der Waals surface area contributed by atoms with Crippen molar-refractivity contribution in [2.24, 2.45) is 0 Å². The molecule has 0 amide bonds. The first kappa shape index (κ1) is 9.64. The third kappa shape index (κ3) is 1.81. The number of anilines is 1. The summed E-state index contributed by atoms with van der Waals surface area (Å²) in [6, 6.07) is 3.62. The standard InChI is InChI=1S/C10H12N4O/c1-3-8-7(4-6(2)12-13-8)9-5-10(11)15-14-9/h4-5H,3,11H2,1-2H3. The van der Waals surface area contributed by atoms with E-state index in [2.05, 4.69) is 15.4 Å². The molecule has 0 saturated heterocycles. The van der Waals surface area contributed by atoms with Crippen LogP contribution in [0.1, 0.15) is 18.3 Å². The van der Waals surface area contributed by atoms with Gasteiger partial charge in [0, 0.05) is 11.6 Å². The molecule has 0 fully saturated rings. The predicted octanol–water partition coefficient (Wildman–Crippen LogP) is 1.58. The van der Waals surface area contributed by atoms with Gasteiger partial charge in [-0.05, 0) is 19.4 Å². The molecule has 0 aliphatic rings. The van der Waals surface area contributed by atoms with Crippen molar-refractivity contribution in [2.75, 3.05) is 5.73 Å². The maximum absolute atomic E-state index is 5.48. The van der Waals surface area contributed by atoms with Gasteiger partial charge in [0.1, 0.15) is 5.69 Å². The Hall–Kier alpha value is -1.91. The van der Waals surface area contributed by atoms with Crippen LogP contribution < -0.4 is 5.73 Å². The van der Waals surface area contributed by atoms with Gasteiger partial charge in [0.05, 0.1) is 11.4 Å². The van der Waals surface area contributed by atoms with Gasteiger partial charge in [-0.2, -0.15) is 10.2 Å². The molecule has 0 saturated carbocycles. The van der Waals surface area contributed by atoms with Crippen LogP contribution in [-0.4, -0.2) is 15.4 Å².